The van der Waals surface area contributed by atoms with E-state index in [0.29, 0.717) is 86.3 Å². The first-order valence-electron chi connectivity index (χ1n) is 53.8. The molecule has 4 aromatic rings. The smallest absolute Gasteiger partial charge is 0.417 e. The summed E-state index contributed by atoms with van der Waals surface area (Å²) >= 11 is 0. The maximum Gasteiger partial charge on any atom is 0.417 e. The summed E-state index contributed by atoms with van der Waals surface area (Å²) in [6.45, 7) is 15.6. The van der Waals surface area contributed by atoms with Crippen molar-refractivity contribution in [1.82, 2.24) is 0 Å². The molecule has 0 saturated carbocycles. The minimum atomic E-state index is -5.19. The van der Waals surface area contributed by atoms with E-state index in [2.05, 4.69) is 52.2 Å². The summed E-state index contributed by atoms with van der Waals surface area (Å²) in [5, 5.41) is 5.33. The maximum absolute atomic E-state index is 15.7. The molecule has 0 saturated heterocycles. The van der Waals surface area contributed by atoms with Gasteiger partial charge in [0.1, 0.15) is 0 Å². The highest BCUT2D eigenvalue weighted by Gasteiger charge is 2.39. The fourth-order valence-corrected chi connectivity index (χ4v) is 17.5. The summed E-state index contributed by atoms with van der Waals surface area (Å²) in [5.41, 5.74) is -4.79. The number of alkyl halides is 6. The molecule has 4 rings (SSSR count). The second-order valence-electron chi connectivity index (χ2n) is 37.5. The van der Waals surface area contributed by atoms with E-state index in [9.17, 15) is 9.59 Å². The van der Waals surface area contributed by atoms with Crippen LogP contribution in [0.4, 0.5) is 37.7 Å². The standard InChI is InChI=1S/C112H186F6N2O8/c1-7-13-19-25-31-37-43-49-55-61-67-73-83-123-103-89-95(90-104(124-84-74-68-62-56-50-44-38-32-26-20-14-8-2)107(103)127-87-77-71-65-59-53-47-41-35-29-23-17-11-5)109(121)119-97-79-81-99(101(93-97)111(113,114)115)100-82-80-98(94-102(100)112(116,117)118)120-110(122)96-91-105(125-85-75-69-63-57-51-45-39-33-27-21-15-9-3)108(128-88-78-72-66-60-54-48-42-36-30-24-18-12-6)106(92-96)126-86-76-70-64-58-52-46-40-34-28-22-16-10-4/h79-82,89-94H,7-78,83-88H2,1-6H3,(H,119,121)(H,120,122). The van der Waals surface area contributed by atoms with Crippen LogP contribution in [0.25, 0.3) is 11.1 Å². The van der Waals surface area contributed by atoms with Gasteiger partial charge in [-0.1, -0.05) is 477 Å². The minimum Gasteiger partial charge on any atom is -0.490 e. The van der Waals surface area contributed by atoms with Crippen LogP contribution in [0, 0.1) is 0 Å². The largest absolute Gasteiger partial charge is 0.490 e. The van der Waals surface area contributed by atoms with Crippen molar-refractivity contribution < 1.29 is 64.4 Å². The first-order chi connectivity index (χ1) is 62.6. The van der Waals surface area contributed by atoms with Crippen molar-refractivity contribution >= 4 is 23.2 Å². The van der Waals surface area contributed by atoms with Crippen molar-refractivity contribution in [3.05, 3.63) is 82.9 Å². The van der Waals surface area contributed by atoms with Crippen LogP contribution in [0.2, 0.25) is 0 Å². The summed E-state index contributed by atoms with van der Waals surface area (Å²) in [7, 11) is 0. The fraction of sp³-hybridized carbons (Fsp3) is 0.768. The van der Waals surface area contributed by atoms with E-state index in [0.717, 1.165) is 166 Å². The molecular weight excluding hydrogens is 1620 g/mol. The Balaban J connectivity index is 1.67. The highest BCUT2D eigenvalue weighted by molar-refractivity contribution is 6.06. The lowest BCUT2D eigenvalue weighted by Gasteiger charge is -2.21. The van der Waals surface area contributed by atoms with Crippen LogP contribution in [0.5, 0.6) is 34.5 Å². The monoisotopic (exact) mass is 1800 g/mol. The number of rotatable bonds is 89. The molecule has 0 unspecified atom stereocenters. The van der Waals surface area contributed by atoms with Gasteiger partial charge in [0.2, 0.25) is 11.5 Å². The molecule has 16 heteroatoms. The summed E-state index contributed by atoms with van der Waals surface area (Å²) in [5.74, 6) is 0.435. The van der Waals surface area contributed by atoms with Crippen molar-refractivity contribution in [3.63, 3.8) is 0 Å². The van der Waals surface area contributed by atoms with E-state index in [4.69, 9.17) is 28.4 Å². The Kier molecular flexibility index (Phi) is 69.4. The normalized spacial score (nSPS) is 11.8. The van der Waals surface area contributed by atoms with Gasteiger partial charge in [-0.2, -0.15) is 26.3 Å². The number of hydrogen-bond acceptors (Lipinski definition) is 8. The summed E-state index contributed by atoms with van der Waals surface area (Å²) in [4.78, 5) is 29.5. The fourth-order valence-electron chi connectivity index (χ4n) is 17.5. The Morgan fingerprint density at radius 3 is 0.539 bits per heavy atom. The third-order valence-corrected chi connectivity index (χ3v) is 25.5. The first kappa shape index (κ1) is 115. The zero-order valence-electron chi connectivity index (χ0n) is 82.5. The first-order valence-corrected chi connectivity index (χ1v) is 53.8. The van der Waals surface area contributed by atoms with Crippen LogP contribution in [0.3, 0.4) is 0 Å². The minimum absolute atomic E-state index is 0.0538. The molecule has 2 amide bonds. The number of halogens is 6. The van der Waals surface area contributed by atoms with Crippen molar-refractivity contribution in [2.45, 2.75) is 516 Å². The van der Waals surface area contributed by atoms with E-state index in [-0.39, 0.29) is 22.5 Å². The topological polar surface area (TPSA) is 114 Å². The average molecular weight is 1800 g/mol. The molecule has 0 radical (unpaired) electrons. The third-order valence-electron chi connectivity index (χ3n) is 25.5. The van der Waals surface area contributed by atoms with Gasteiger partial charge in [0, 0.05) is 22.5 Å². The van der Waals surface area contributed by atoms with E-state index < -0.39 is 46.4 Å². The number of nitrogens with one attached hydrogen (secondary N) is 2. The number of hydrogen-bond donors (Lipinski definition) is 2. The van der Waals surface area contributed by atoms with Gasteiger partial charge in [-0.05, 0) is 98.2 Å². The average Bonchev–Trinajstić information content (AvgIpc) is 0.768. The lowest BCUT2D eigenvalue weighted by atomic mass is 9.93. The number of amides is 2. The molecule has 734 valence electrons. The van der Waals surface area contributed by atoms with Gasteiger partial charge >= 0.3 is 12.4 Å². The molecule has 2 N–H and O–H groups in total. The van der Waals surface area contributed by atoms with Crippen LogP contribution in [-0.4, -0.2) is 51.5 Å². The van der Waals surface area contributed by atoms with Gasteiger partial charge in [-0.25, -0.2) is 0 Å². The van der Waals surface area contributed by atoms with Gasteiger partial charge in [-0.15, -0.1) is 0 Å². The number of carbonyl (C=O) groups is 2. The van der Waals surface area contributed by atoms with E-state index >= 15 is 26.3 Å². The molecule has 0 aliphatic rings. The molecule has 0 bridgehead atoms. The van der Waals surface area contributed by atoms with Crippen molar-refractivity contribution in [3.8, 4) is 45.6 Å². The molecule has 0 aromatic heterocycles. The lowest BCUT2D eigenvalue weighted by Crippen LogP contribution is -2.16. The highest BCUT2D eigenvalue weighted by Crippen LogP contribution is 2.47. The van der Waals surface area contributed by atoms with Gasteiger partial charge in [0.25, 0.3) is 11.8 Å². The number of unbranched alkanes of at least 4 members (excludes halogenated alkanes) is 66. The molecule has 4 aromatic carbocycles. The SMILES string of the molecule is CCCCCCCCCCCCCCOc1cc(C(=O)Nc2ccc(-c3ccc(NC(=O)c4cc(OCCCCCCCCCCCCCC)c(OCCCCCCCCCCCCCC)c(OCCCCCCCCCCCCCC)c4)cc3C(F)(F)F)c(C(F)(F)F)c2)cc(OCCCCCCCCCCCCCC)c1OCCCCCCCCCCCCCC. The van der Waals surface area contributed by atoms with Gasteiger partial charge in [-0.3, -0.25) is 9.59 Å². The van der Waals surface area contributed by atoms with E-state index in [1.54, 1.807) is 24.3 Å². The Morgan fingerprint density at radius 1 is 0.219 bits per heavy atom. The number of carbonyl (C=O) groups excluding carboxylic acids is 2. The Bertz CT molecular complexity index is 3000. The lowest BCUT2D eigenvalue weighted by molar-refractivity contribution is -0.139. The molecule has 0 aliphatic heterocycles. The number of benzene rings is 4. The summed E-state index contributed by atoms with van der Waals surface area (Å²) < 4.78 is 134. The second kappa shape index (κ2) is 77.6. The molecule has 0 spiro atoms. The molecule has 128 heavy (non-hydrogen) atoms. The van der Waals surface area contributed by atoms with Crippen molar-refractivity contribution in [2.24, 2.45) is 0 Å². The quantitative estimate of drug-likeness (QED) is 0.0332. The molecule has 0 heterocycles. The predicted molar refractivity (Wildman–Crippen MR) is 530 cm³/mol. The number of ether oxygens (including phenoxy) is 6. The second-order valence-corrected chi connectivity index (χ2v) is 37.5. The van der Waals surface area contributed by atoms with Gasteiger partial charge in [0.05, 0.1) is 50.8 Å². The predicted octanol–water partition coefficient (Wildman–Crippen LogP) is 38.4. The van der Waals surface area contributed by atoms with Crippen LogP contribution >= 0.6 is 0 Å². The van der Waals surface area contributed by atoms with Crippen molar-refractivity contribution in [2.75, 3.05) is 50.3 Å². The Morgan fingerprint density at radius 2 is 0.375 bits per heavy atom. The van der Waals surface area contributed by atoms with Crippen LogP contribution in [0.15, 0.2) is 60.7 Å². The van der Waals surface area contributed by atoms with Gasteiger partial charge < -0.3 is 39.1 Å². The Hall–Kier alpha value is -5.80. The molecule has 0 atom stereocenters. The molecule has 10 nitrogen and oxygen atoms in total. The highest BCUT2D eigenvalue weighted by atomic mass is 19.4. The van der Waals surface area contributed by atoms with Crippen LogP contribution in [-0.2, 0) is 12.4 Å². The van der Waals surface area contributed by atoms with Crippen LogP contribution in [0.1, 0.15) is 536 Å². The molecule has 0 fully saturated rings. The zero-order valence-corrected chi connectivity index (χ0v) is 82.5. The van der Waals surface area contributed by atoms with Crippen LogP contribution < -0.4 is 39.1 Å². The number of anilines is 2. The Labute approximate surface area is 778 Å². The molecular formula is C112H186F6N2O8. The molecule has 0 aliphatic carbocycles. The van der Waals surface area contributed by atoms with E-state index in [1.165, 1.54) is 320 Å². The van der Waals surface area contributed by atoms with Crippen molar-refractivity contribution in [1.29, 1.82) is 0 Å². The maximum atomic E-state index is 15.7. The van der Waals surface area contributed by atoms with Gasteiger partial charge in [0.15, 0.2) is 23.0 Å². The zero-order chi connectivity index (χ0) is 92.1. The summed E-state index contributed by atoms with van der Waals surface area (Å²) in [6, 6.07) is 11.9. The van der Waals surface area contributed by atoms with E-state index in [1.807, 2.05) is 0 Å². The third kappa shape index (κ3) is 56.3. The summed E-state index contributed by atoms with van der Waals surface area (Å²) in [6.07, 6.45) is 74.4.